The molecule has 2 aromatic rings. The first-order valence-electron chi connectivity index (χ1n) is 13.3. The maximum atomic E-state index is 13.7. The third kappa shape index (κ3) is 3.45. The van der Waals surface area contributed by atoms with Crippen LogP contribution in [0.5, 0.6) is 11.5 Å². The number of piperidine rings is 1. The Morgan fingerprint density at radius 3 is 2.94 bits per heavy atom. The van der Waals surface area contributed by atoms with Crippen molar-refractivity contribution in [2.24, 2.45) is 11.8 Å². The zero-order valence-electron chi connectivity index (χ0n) is 21.2. The van der Waals surface area contributed by atoms with Crippen molar-refractivity contribution in [1.29, 1.82) is 0 Å². The summed E-state index contributed by atoms with van der Waals surface area (Å²) in [5.74, 6) is 2.08. The predicted molar refractivity (Wildman–Crippen MR) is 139 cm³/mol. The molecule has 2 fully saturated rings. The fourth-order valence-electron chi connectivity index (χ4n) is 7.74. The Bertz CT molecular complexity index is 1190. The monoisotopic (exact) mass is 488 g/mol. The molecule has 0 radical (unpaired) electrons. The first-order chi connectivity index (χ1) is 17.4. The van der Waals surface area contributed by atoms with Crippen molar-refractivity contribution in [2.75, 3.05) is 19.6 Å². The maximum absolute atomic E-state index is 13.7. The van der Waals surface area contributed by atoms with Gasteiger partial charge in [-0.15, -0.1) is 6.58 Å². The number of nitrogens with zero attached hydrogens (tertiary/aromatic N) is 2. The van der Waals surface area contributed by atoms with Crippen LogP contribution in [0.1, 0.15) is 49.8 Å². The molecule has 1 N–H and O–H groups in total. The summed E-state index contributed by atoms with van der Waals surface area (Å²) in [5.41, 5.74) is 2.98. The van der Waals surface area contributed by atoms with Crippen molar-refractivity contribution in [3.05, 3.63) is 66.1 Å². The zero-order chi connectivity index (χ0) is 25.0. The number of aromatic hydroxyl groups is 1. The number of benzene rings is 1. The van der Waals surface area contributed by atoms with E-state index in [2.05, 4.69) is 30.2 Å². The molecule has 1 saturated carbocycles. The number of amides is 1. The molecule has 190 valence electrons. The van der Waals surface area contributed by atoms with Gasteiger partial charge < -0.3 is 19.2 Å². The number of carbonyl (C=O) groups is 1. The normalized spacial score (nSPS) is 30.3. The molecule has 2 bridgehead atoms. The molecule has 2 aliphatic heterocycles. The molecular weight excluding hydrogens is 452 g/mol. The van der Waals surface area contributed by atoms with Crippen molar-refractivity contribution in [2.45, 2.75) is 63.1 Å². The van der Waals surface area contributed by atoms with E-state index in [4.69, 9.17) is 9.15 Å². The molecule has 5 atom stereocenters. The number of ether oxygens (including phenoxy) is 1. The third-order valence-electron chi connectivity index (χ3n) is 8.99. The third-order valence-corrected chi connectivity index (χ3v) is 8.99. The van der Waals surface area contributed by atoms with Crippen molar-refractivity contribution in [3.63, 3.8) is 0 Å². The van der Waals surface area contributed by atoms with Crippen LogP contribution < -0.4 is 4.74 Å². The van der Waals surface area contributed by atoms with Crippen LogP contribution in [-0.4, -0.2) is 58.6 Å². The van der Waals surface area contributed by atoms with Crippen LogP contribution in [0.3, 0.4) is 0 Å². The summed E-state index contributed by atoms with van der Waals surface area (Å²) in [4.78, 5) is 18.3. The molecule has 1 saturated heterocycles. The number of carbonyl (C=O) groups excluding carboxylic acids is 1. The quantitative estimate of drug-likeness (QED) is 0.449. The lowest BCUT2D eigenvalue weighted by molar-refractivity contribution is -0.138. The number of phenols is 1. The van der Waals surface area contributed by atoms with E-state index < -0.39 is 0 Å². The predicted octanol–water partition coefficient (Wildman–Crippen LogP) is 4.78. The first-order valence-corrected chi connectivity index (χ1v) is 13.3. The summed E-state index contributed by atoms with van der Waals surface area (Å²) >= 11 is 0. The second-order valence-electron chi connectivity index (χ2n) is 11.3. The van der Waals surface area contributed by atoms with Gasteiger partial charge in [0.15, 0.2) is 0 Å². The highest BCUT2D eigenvalue weighted by Crippen LogP contribution is 2.63. The number of rotatable bonds is 7. The largest absolute Gasteiger partial charge is 0.508 e. The highest BCUT2D eigenvalue weighted by molar-refractivity contribution is 5.92. The Hall–Kier alpha value is -2.99. The van der Waals surface area contributed by atoms with Gasteiger partial charge in [0, 0.05) is 47.3 Å². The molecule has 1 spiro atoms. The van der Waals surface area contributed by atoms with Crippen LogP contribution in [0.2, 0.25) is 0 Å². The Labute approximate surface area is 213 Å². The van der Waals surface area contributed by atoms with Gasteiger partial charge >= 0.3 is 0 Å². The lowest BCUT2D eigenvalue weighted by Gasteiger charge is -2.60. The molecule has 6 nitrogen and oxygen atoms in total. The second-order valence-corrected chi connectivity index (χ2v) is 11.3. The van der Waals surface area contributed by atoms with Crippen LogP contribution in [0.25, 0.3) is 6.08 Å². The molecule has 1 aromatic carbocycles. The molecular formula is C30H36N2O4. The molecule has 2 aliphatic carbocycles. The van der Waals surface area contributed by atoms with Crippen molar-refractivity contribution in [1.82, 2.24) is 9.80 Å². The average Bonchev–Trinajstić information content (AvgIpc) is 3.49. The van der Waals surface area contributed by atoms with Gasteiger partial charge in [0.1, 0.15) is 17.6 Å². The molecule has 3 heterocycles. The van der Waals surface area contributed by atoms with E-state index in [-0.39, 0.29) is 23.5 Å². The highest BCUT2D eigenvalue weighted by atomic mass is 16.5. The summed E-state index contributed by atoms with van der Waals surface area (Å²) in [5, 5.41) is 10.9. The summed E-state index contributed by atoms with van der Waals surface area (Å²) in [7, 11) is 0. The molecule has 0 unspecified atom stereocenters. The van der Waals surface area contributed by atoms with Gasteiger partial charge in [0.05, 0.1) is 18.6 Å². The molecule has 6 heteroatoms. The Balaban J connectivity index is 1.40. The van der Waals surface area contributed by atoms with Crippen LogP contribution >= 0.6 is 0 Å². The number of hydrogen-bond donors (Lipinski definition) is 1. The van der Waals surface area contributed by atoms with E-state index in [0.29, 0.717) is 30.2 Å². The van der Waals surface area contributed by atoms with Gasteiger partial charge in [0.2, 0.25) is 5.91 Å². The second kappa shape index (κ2) is 8.84. The minimum absolute atomic E-state index is 0.0164. The maximum Gasteiger partial charge on any atom is 0.246 e. The van der Waals surface area contributed by atoms with E-state index in [0.717, 1.165) is 55.6 Å². The smallest absolute Gasteiger partial charge is 0.246 e. The van der Waals surface area contributed by atoms with Crippen molar-refractivity contribution in [3.8, 4) is 11.5 Å². The van der Waals surface area contributed by atoms with Crippen LogP contribution in [0.4, 0.5) is 0 Å². The lowest BCUT2D eigenvalue weighted by Crippen LogP contribution is -2.69. The molecule has 4 aliphatic rings. The summed E-state index contributed by atoms with van der Waals surface area (Å²) in [6.45, 7) is 10.8. The van der Waals surface area contributed by atoms with E-state index >= 15 is 0 Å². The van der Waals surface area contributed by atoms with E-state index in [1.807, 2.05) is 24.3 Å². The van der Waals surface area contributed by atoms with Gasteiger partial charge in [-0.3, -0.25) is 9.69 Å². The Morgan fingerprint density at radius 1 is 1.33 bits per heavy atom. The average molecular weight is 489 g/mol. The van der Waals surface area contributed by atoms with Crippen molar-refractivity contribution < 1.29 is 19.1 Å². The number of likely N-dealkylation sites (tertiary alicyclic amines) is 1. The standard InChI is InChI=1S/C30H36N2O4/c1-4-13-31-14-12-30-22-6-7-23(32(17-19(2)3)27(34)10-5-20-11-15-35-18-20)29(30)36-26-9-8-25(33)21(28(26)30)16-24(22)31/h4-5,8-11,15,18-19,22-24,29,33H,1,6-7,12-14,16-17H2,2-3H3/t22-,23-,24+,29+,30-/m0/s1. The Kier molecular flexibility index (Phi) is 5.75. The topological polar surface area (TPSA) is 66.2 Å². The number of hydrogen-bond acceptors (Lipinski definition) is 5. The van der Waals surface area contributed by atoms with Crippen LogP contribution in [0.15, 0.2) is 53.9 Å². The fourth-order valence-corrected chi connectivity index (χ4v) is 7.74. The number of furan rings is 1. The number of phenolic OH excluding ortho intramolecular Hbond substituents is 1. The molecule has 1 amide bonds. The molecule has 36 heavy (non-hydrogen) atoms. The van der Waals surface area contributed by atoms with Gasteiger partial charge in [-0.25, -0.2) is 0 Å². The van der Waals surface area contributed by atoms with E-state index in [1.165, 1.54) is 5.56 Å². The van der Waals surface area contributed by atoms with Gasteiger partial charge in [-0.1, -0.05) is 19.9 Å². The van der Waals surface area contributed by atoms with Crippen LogP contribution in [0, 0.1) is 11.8 Å². The van der Waals surface area contributed by atoms with E-state index in [1.54, 1.807) is 24.7 Å². The van der Waals surface area contributed by atoms with E-state index in [9.17, 15) is 9.90 Å². The van der Waals surface area contributed by atoms with Crippen molar-refractivity contribution >= 4 is 12.0 Å². The highest BCUT2D eigenvalue weighted by Gasteiger charge is 2.66. The summed E-state index contributed by atoms with van der Waals surface area (Å²) in [6, 6.07) is 5.92. The van der Waals surface area contributed by atoms with Gasteiger partial charge in [0.25, 0.3) is 0 Å². The SMILES string of the molecule is C=CCN1CC[C@@]23c4c5ccc(O)c4C[C@@H]1[C@@H]2CC[C@H](N(CC(C)C)C(=O)C=Cc1ccoc1)[C@H]3O5. The lowest BCUT2D eigenvalue weighted by atomic mass is 9.51. The van der Waals surface area contributed by atoms with Gasteiger partial charge in [-0.05, 0) is 68.3 Å². The van der Waals surface area contributed by atoms with Gasteiger partial charge in [-0.2, -0.15) is 0 Å². The Morgan fingerprint density at radius 2 is 2.19 bits per heavy atom. The zero-order valence-corrected chi connectivity index (χ0v) is 21.2. The molecule has 6 rings (SSSR count). The summed E-state index contributed by atoms with van der Waals surface area (Å²) in [6.07, 6.45) is 12.4. The van der Waals surface area contributed by atoms with Crippen LogP contribution in [-0.2, 0) is 16.6 Å². The fraction of sp³-hybridized carbons (Fsp3) is 0.500. The molecule has 1 aromatic heterocycles. The minimum Gasteiger partial charge on any atom is -0.508 e. The first kappa shape index (κ1) is 23.4. The minimum atomic E-state index is -0.170. The summed E-state index contributed by atoms with van der Waals surface area (Å²) < 4.78 is 12.0.